The number of thiophene rings is 1. The third kappa shape index (κ3) is 5.32. The minimum absolute atomic E-state index is 0.00721. The second-order valence-electron chi connectivity index (χ2n) is 6.08. The van der Waals surface area contributed by atoms with E-state index in [-0.39, 0.29) is 24.5 Å². The molecule has 2 amide bonds. The third-order valence-corrected chi connectivity index (χ3v) is 5.11. The predicted molar refractivity (Wildman–Crippen MR) is 97.7 cm³/mol. The zero-order chi connectivity index (χ0) is 17.5. The first-order chi connectivity index (χ1) is 12.2. The lowest BCUT2D eigenvalue weighted by molar-refractivity contribution is -0.134. The van der Waals surface area contributed by atoms with Crippen LogP contribution in [0.4, 0.5) is 0 Å². The van der Waals surface area contributed by atoms with Crippen LogP contribution >= 0.6 is 11.3 Å². The Bertz CT molecular complexity index is 680. The molecule has 2 aromatic rings. The lowest BCUT2D eigenvalue weighted by atomic mass is 10.0. The molecule has 25 heavy (non-hydrogen) atoms. The second-order valence-corrected chi connectivity index (χ2v) is 7.11. The number of piperidine rings is 1. The van der Waals surface area contributed by atoms with Crippen molar-refractivity contribution in [3.8, 4) is 5.75 Å². The van der Waals surface area contributed by atoms with Gasteiger partial charge in [0.2, 0.25) is 5.91 Å². The molecule has 0 saturated carbocycles. The molecular formula is C19H22N2O3S. The highest BCUT2D eigenvalue weighted by molar-refractivity contribution is 7.10. The predicted octanol–water partition coefficient (Wildman–Crippen LogP) is 2.48. The van der Waals surface area contributed by atoms with Gasteiger partial charge in [0.05, 0.1) is 6.42 Å². The van der Waals surface area contributed by atoms with Crippen molar-refractivity contribution >= 4 is 23.2 Å². The standard InChI is InChI=1S/C19H22N2O3S/c22-18(13-17-7-4-12-25-17)20-15-8-10-21(11-9-15)19(23)14-24-16-5-2-1-3-6-16/h1-7,12,15H,8-11,13-14H2,(H,20,22). The number of nitrogens with one attached hydrogen (secondary N) is 1. The number of rotatable bonds is 6. The Morgan fingerprint density at radius 1 is 1.12 bits per heavy atom. The summed E-state index contributed by atoms with van der Waals surface area (Å²) in [6.45, 7) is 1.36. The van der Waals surface area contributed by atoms with Crippen LogP contribution in [0.3, 0.4) is 0 Å². The van der Waals surface area contributed by atoms with Crippen molar-refractivity contribution in [1.82, 2.24) is 10.2 Å². The van der Waals surface area contributed by atoms with Crippen molar-refractivity contribution in [3.05, 3.63) is 52.7 Å². The highest BCUT2D eigenvalue weighted by Crippen LogP contribution is 2.14. The fraction of sp³-hybridized carbons (Fsp3) is 0.368. The first-order valence-corrected chi connectivity index (χ1v) is 9.36. The molecule has 1 aliphatic rings. The maximum Gasteiger partial charge on any atom is 0.260 e. The summed E-state index contributed by atoms with van der Waals surface area (Å²) in [7, 11) is 0. The van der Waals surface area contributed by atoms with E-state index in [1.54, 1.807) is 11.3 Å². The summed E-state index contributed by atoms with van der Waals surface area (Å²) in [6.07, 6.45) is 2.00. The molecule has 1 saturated heterocycles. The number of likely N-dealkylation sites (tertiary alicyclic amines) is 1. The van der Waals surface area contributed by atoms with Gasteiger partial charge in [-0.1, -0.05) is 24.3 Å². The zero-order valence-corrected chi connectivity index (χ0v) is 14.8. The highest BCUT2D eigenvalue weighted by atomic mass is 32.1. The number of hydrogen-bond acceptors (Lipinski definition) is 4. The molecule has 0 atom stereocenters. The Balaban J connectivity index is 1.37. The summed E-state index contributed by atoms with van der Waals surface area (Å²) in [5, 5.41) is 5.05. The van der Waals surface area contributed by atoms with Crippen LogP contribution in [-0.2, 0) is 16.0 Å². The summed E-state index contributed by atoms with van der Waals surface area (Å²) in [5.41, 5.74) is 0. The van der Waals surface area contributed by atoms with Gasteiger partial charge in [-0.15, -0.1) is 11.3 Å². The van der Waals surface area contributed by atoms with E-state index >= 15 is 0 Å². The van der Waals surface area contributed by atoms with E-state index in [2.05, 4.69) is 5.32 Å². The van der Waals surface area contributed by atoms with Crippen LogP contribution in [0.25, 0.3) is 0 Å². The molecule has 5 nitrogen and oxygen atoms in total. The van der Waals surface area contributed by atoms with Crippen molar-refractivity contribution in [3.63, 3.8) is 0 Å². The Labute approximate surface area is 151 Å². The average molecular weight is 358 g/mol. The third-order valence-electron chi connectivity index (χ3n) is 4.23. The van der Waals surface area contributed by atoms with E-state index in [0.717, 1.165) is 17.7 Å². The average Bonchev–Trinajstić information content (AvgIpc) is 3.14. The number of benzene rings is 1. The Morgan fingerprint density at radius 2 is 1.88 bits per heavy atom. The molecule has 6 heteroatoms. The molecule has 0 bridgehead atoms. The van der Waals surface area contributed by atoms with E-state index in [0.29, 0.717) is 25.3 Å². The van der Waals surface area contributed by atoms with E-state index in [4.69, 9.17) is 4.74 Å². The van der Waals surface area contributed by atoms with Gasteiger partial charge in [0, 0.05) is 24.0 Å². The smallest absolute Gasteiger partial charge is 0.260 e. The summed E-state index contributed by atoms with van der Waals surface area (Å²) in [6, 6.07) is 13.4. The summed E-state index contributed by atoms with van der Waals surface area (Å²) >= 11 is 1.59. The van der Waals surface area contributed by atoms with E-state index in [9.17, 15) is 9.59 Å². The van der Waals surface area contributed by atoms with Crippen molar-refractivity contribution < 1.29 is 14.3 Å². The molecule has 0 unspecified atom stereocenters. The number of carbonyl (C=O) groups excluding carboxylic acids is 2. The molecule has 132 valence electrons. The maximum atomic E-state index is 12.2. The van der Waals surface area contributed by atoms with Crippen LogP contribution < -0.4 is 10.1 Å². The van der Waals surface area contributed by atoms with Gasteiger partial charge >= 0.3 is 0 Å². The number of nitrogens with zero attached hydrogens (tertiary/aromatic N) is 1. The maximum absolute atomic E-state index is 12.2. The lowest BCUT2D eigenvalue weighted by Gasteiger charge is -2.32. The minimum atomic E-state index is -0.00721. The SMILES string of the molecule is O=C(Cc1cccs1)NC1CCN(C(=O)COc2ccccc2)CC1. The minimum Gasteiger partial charge on any atom is -0.484 e. The number of ether oxygens (including phenoxy) is 1. The first kappa shape index (κ1) is 17.5. The molecule has 0 spiro atoms. The monoisotopic (exact) mass is 358 g/mol. The first-order valence-electron chi connectivity index (χ1n) is 8.48. The Hall–Kier alpha value is -2.34. The van der Waals surface area contributed by atoms with Crippen molar-refractivity contribution in [2.75, 3.05) is 19.7 Å². The molecule has 1 aromatic heterocycles. The fourth-order valence-electron chi connectivity index (χ4n) is 2.88. The van der Waals surface area contributed by atoms with Gasteiger partial charge in [-0.2, -0.15) is 0 Å². The molecule has 1 N–H and O–H groups in total. The van der Waals surface area contributed by atoms with Gasteiger partial charge < -0.3 is 15.0 Å². The quantitative estimate of drug-likeness (QED) is 0.863. The fourth-order valence-corrected chi connectivity index (χ4v) is 3.58. The van der Waals surface area contributed by atoms with E-state index in [1.807, 2.05) is 52.7 Å². The number of hydrogen-bond donors (Lipinski definition) is 1. The topological polar surface area (TPSA) is 58.6 Å². The second kappa shape index (κ2) is 8.67. The largest absolute Gasteiger partial charge is 0.484 e. The van der Waals surface area contributed by atoms with Crippen molar-refractivity contribution in [1.29, 1.82) is 0 Å². The molecule has 3 rings (SSSR count). The van der Waals surface area contributed by atoms with Crippen molar-refractivity contribution in [2.24, 2.45) is 0 Å². The molecule has 1 aliphatic heterocycles. The van der Waals surface area contributed by atoms with Gasteiger partial charge in [0.15, 0.2) is 6.61 Å². The zero-order valence-electron chi connectivity index (χ0n) is 14.0. The van der Waals surface area contributed by atoms with Crippen molar-refractivity contribution in [2.45, 2.75) is 25.3 Å². The molecule has 0 radical (unpaired) electrons. The lowest BCUT2D eigenvalue weighted by Crippen LogP contribution is -2.47. The normalized spacial score (nSPS) is 15.0. The van der Waals surface area contributed by atoms with Crippen LogP contribution in [0, 0.1) is 0 Å². The Morgan fingerprint density at radius 3 is 2.56 bits per heavy atom. The van der Waals surface area contributed by atoms with E-state index in [1.165, 1.54) is 0 Å². The summed E-state index contributed by atoms with van der Waals surface area (Å²) in [4.78, 5) is 27.2. The van der Waals surface area contributed by atoms with Gasteiger partial charge in [0.25, 0.3) is 5.91 Å². The molecule has 2 heterocycles. The highest BCUT2D eigenvalue weighted by Gasteiger charge is 2.24. The molecule has 1 aromatic carbocycles. The molecule has 0 aliphatic carbocycles. The Kier molecular flexibility index (Phi) is 6.06. The number of amides is 2. The van der Waals surface area contributed by atoms with Gasteiger partial charge in [-0.25, -0.2) is 0 Å². The molecule has 1 fully saturated rings. The summed E-state index contributed by atoms with van der Waals surface area (Å²) < 4.78 is 5.51. The van der Waals surface area contributed by atoms with Crippen LogP contribution in [0.15, 0.2) is 47.8 Å². The molecular weight excluding hydrogens is 336 g/mol. The van der Waals surface area contributed by atoms with Crippen LogP contribution in [0.5, 0.6) is 5.75 Å². The van der Waals surface area contributed by atoms with Gasteiger partial charge in [-0.3, -0.25) is 9.59 Å². The number of carbonyl (C=O) groups is 2. The van der Waals surface area contributed by atoms with Crippen LogP contribution in [0.1, 0.15) is 17.7 Å². The summed E-state index contributed by atoms with van der Waals surface area (Å²) in [5.74, 6) is 0.749. The van der Waals surface area contributed by atoms with E-state index < -0.39 is 0 Å². The van der Waals surface area contributed by atoms with Crippen LogP contribution in [-0.4, -0.2) is 42.5 Å². The number of para-hydroxylation sites is 1. The van der Waals surface area contributed by atoms with Gasteiger partial charge in [0.1, 0.15) is 5.75 Å². The van der Waals surface area contributed by atoms with Crippen LogP contribution in [0.2, 0.25) is 0 Å². The van der Waals surface area contributed by atoms with Gasteiger partial charge in [-0.05, 0) is 36.4 Å².